The van der Waals surface area contributed by atoms with Crippen molar-refractivity contribution in [1.82, 2.24) is 0 Å². The molecule has 0 amide bonds. The van der Waals surface area contributed by atoms with Gasteiger partial charge in [0, 0.05) is 32.5 Å². The van der Waals surface area contributed by atoms with E-state index in [1.165, 1.54) is 30.5 Å². The lowest BCUT2D eigenvalue weighted by atomic mass is 10.1. The summed E-state index contributed by atoms with van der Waals surface area (Å²) < 4.78 is 0. The molecule has 0 saturated carbocycles. The number of nitriles is 2. The van der Waals surface area contributed by atoms with Crippen LogP contribution < -0.4 is 35.4 Å². The van der Waals surface area contributed by atoms with Gasteiger partial charge in [-0.05, 0) is 124 Å². The Morgan fingerprint density at radius 1 is 0.381 bits per heavy atom. The highest BCUT2D eigenvalue weighted by Gasteiger charge is 2.48. The van der Waals surface area contributed by atoms with Crippen LogP contribution in [0.25, 0.3) is 0 Å². The van der Waals surface area contributed by atoms with Crippen molar-refractivity contribution >= 4 is 91.8 Å². The van der Waals surface area contributed by atoms with Crippen molar-refractivity contribution in [3.8, 4) is 12.1 Å². The molecular formula is C56H37N5SSi. The highest BCUT2D eigenvalue weighted by molar-refractivity contribution is 7.99. The Kier molecular flexibility index (Phi) is 9.47. The fourth-order valence-corrected chi connectivity index (χ4v) is 15.6. The highest BCUT2D eigenvalue weighted by atomic mass is 32.2. The molecule has 7 heteroatoms. The van der Waals surface area contributed by atoms with Gasteiger partial charge in [0.2, 0.25) is 0 Å². The third kappa shape index (κ3) is 6.30. The van der Waals surface area contributed by atoms with Crippen LogP contribution in [0.5, 0.6) is 0 Å². The second kappa shape index (κ2) is 15.8. The van der Waals surface area contributed by atoms with Crippen molar-refractivity contribution in [1.29, 1.82) is 10.5 Å². The highest BCUT2D eigenvalue weighted by Crippen LogP contribution is 2.53. The molecule has 2 aliphatic rings. The Labute approximate surface area is 372 Å². The maximum absolute atomic E-state index is 9.82. The first kappa shape index (κ1) is 37.9. The Bertz CT molecular complexity index is 3060. The summed E-state index contributed by atoms with van der Waals surface area (Å²) in [4.78, 5) is 9.42. The molecule has 296 valence electrons. The van der Waals surface area contributed by atoms with Crippen LogP contribution in [-0.4, -0.2) is 8.07 Å². The van der Waals surface area contributed by atoms with Crippen LogP contribution in [0.15, 0.2) is 234 Å². The standard InChI is InChI=1S/C56H37N5SSi/c57-38-40-27-31-42(32-28-40)59(43-33-29-41(39-58)30-34-43)44-35-45(60-49-19-7-11-23-53(49)62-54-24-12-8-20-50(54)60)37-46(36-44)61-51-21-9-13-25-55(51)63(47-15-3-1-4-16-47,48-17-5-2-6-18-48)56-26-14-10-22-52(56)61/h1-37H. The smallest absolute Gasteiger partial charge is 0.184 e. The van der Waals surface area contributed by atoms with Crippen LogP contribution in [0.4, 0.5) is 51.2 Å². The summed E-state index contributed by atoms with van der Waals surface area (Å²) in [5.74, 6) is 0. The van der Waals surface area contributed by atoms with Gasteiger partial charge in [0.1, 0.15) is 0 Å². The average Bonchev–Trinajstić information content (AvgIpc) is 3.35. The lowest BCUT2D eigenvalue weighted by molar-refractivity contribution is 1.16. The molecule has 0 saturated heterocycles. The summed E-state index contributed by atoms with van der Waals surface area (Å²) in [6.07, 6.45) is 0. The number of para-hydroxylation sites is 4. The number of hydrogen-bond donors (Lipinski definition) is 0. The van der Waals surface area contributed by atoms with E-state index >= 15 is 0 Å². The predicted octanol–water partition coefficient (Wildman–Crippen LogP) is 12.0. The second-order valence-electron chi connectivity index (χ2n) is 15.6. The van der Waals surface area contributed by atoms with Crippen LogP contribution in [0, 0.1) is 22.7 Å². The van der Waals surface area contributed by atoms with E-state index in [1.807, 2.05) is 48.5 Å². The van der Waals surface area contributed by atoms with E-state index in [4.69, 9.17) is 0 Å². The maximum Gasteiger partial charge on any atom is 0.184 e. The van der Waals surface area contributed by atoms with Gasteiger partial charge in [-0.25, -0.2) is 0 Å². The lowest BCUT2D eigenvalue weighted by Crippen LogP contribution is -2.77. The van der Waals surface area contributed by atoms with Gasteiger partial charge < -0.3 is 14.7 Å². The van der Waals surface area contributed by atoms with Gasteiger partial charge in [-0.15, -0.1) is 0 Å². The molecule has 9 aromatic rings. The number of fused-ring (bicyclic) bond motifs is 4. The molecule has 9 aromatic carbocycles. The Balaban J connectivity index is 1.22. The first-order valence-electron chi connectivity index (χ1n) is 20.9. The van der Waals surface area contributed by atoms with Gasteiger partial charge in [0.15, 0.2) is 8.07 Å². The van der Waals surface area contributed by atoms with Crippen LogP contribution >= 0.6 is 11.8 Å². The molecule has 0 atom stereocenters. The zero-order valence-corrected chi connectivity index (χ0v) is 35.8. The van der Waals surface area contributed by atoms with E-state index in [2.05, 4.69) is 203 Å². The lowest BCUT2D eigenvalue weighted by Gasteiger charge is -2.45. The first-order chi connectivity index (χ1) is 31.1. The van der Waals surface area contributed by atoms with Crippen molar-refractivity contribution in [2.75, 3.05) is 14.7 Å². The van der Waals surface area contributed by atoms with E-state index < -0.39 is 8.07 Å². The summed E-state index contributed by atoms with van der Waals surface area (Å²) in [6.45, 7) is 0. The molecule has 0 radical (unpaired) electrons. The monoisotopic (exact) mass is 839 g/mol. The molecule has 2 heterocycles. The summed E-state index contributed by atoms with van der Waals surface area (Å²) in [5, 5.41) is 24.9. The molecule has 0 bridgehead atoms. The van der Waals surface area contributed by atoms with Crippen molar-refractivity contribution in [2.45, 2.75) is 9.79 Å². The SMILES string of the molecule is N#Cc1ccc(N(c2ccc(C#N)cc2)c2cc(N3c4ccccc4Sc4ccccc43)cc(N3c4ccccc4[Si](c4ccccc4)(c4ccccc4)c4ccccc43)c2)cc1. The molecule has 63 heavy (non-hydrogen) atoms. The van der Waals surface area contributed by atoms with Crippen LogP contribution in [0.3, 0.4) is 0 Å². The second-order valence-corrected chi connectivity index (χ2v) is 20.4. The fraction of sp³-hybridized carbons (Fsp3) is 0. The van der Waals surface area contributed by atoms with E-state index in [0.717, 1.165) is 51.2 Å². The molecule has 0 aromatic heterocycles. The number of nitrogens with zero attached hydrogens (tertiary/aromatic N) is 5. The maximum atomic E-state index is 9.82. The number of hydrogen-bond acceptors (Lipinski definition) is 6. The third-order valence-electron chi connectivity index (χ3n) is 12.1. The summed E-state index contributed by atoms with van der Waals surface area (Å²) in [7, 11) is -2.87. The fourth-order valence-electron chi connectivity index (χ4n) is 9.46. The molecule has 5 nitrogen and oxygen atoms in total. The van der Waals surface area contributed by atoms with Gasteiger partial charge in [-0.3, -0.25) is 0 Å². The van der Waals surface area contributed by atoms with Gasteiger partial charge in [0.25, 0.3) is 0 Å². The molecular weight excluding hydrogens is 803 g/mol. The minimum absolute atomic E-state index is 0.581. The quantitative estimate of drug-likeness (QED) is 0.149. The Hall–Kier alpha value is -8.07. The minimum atomic E-state index is -2.87. The largest absolute Gasteiger partial charge is 0.310 e. The molecule has 2 aliphatic heterocycles. The molecule has 0 aliphatic carbocycles. The van der Waals surface area contributed by atoms with E-state index in [9.17, 15) is 10.5 Å². The molecule has 0 fully saturated rings. The third-order valence-corrected chi connectivity index (χ3v) is 18.1. The number of rotatable bonds is 7. The van der Waals surface area contributed by atoms with Gasteiger partial charge in [0.05, 0.1) is 51.7 Å². The first-order valence-corrected chi connectivity index (χ1v) is 23.7. The van der Waals surface area contributed by atoms with E-state index in [1.54, 1.807) is 11.8 Å². The topological polar surface area (TPSA) is 57.3 Å². The molecule has 0 unspecified atom stereocenters. The molecule has 11 rings (SSSR count). The van der Waals surface area contributed by atoms with Gasteiger partial charge in [-0.1, -0.05) is 133 Å². The predicted molar refractivity (Wildman–Crippen MR) is 261 cm³/mol. The van der Waals surface area contributed by atoms with Gasteiger partial charge >= 0.3 is 0 Å². The number of anilines is 9. The van der Waals surface area contributed by atoms with Crippen LogP contribution in [0.1, 0.15) is 11.1 Å². The van der Waals surface area contributed by atoms with Crippen molar-refractivity contribution in [2.24, 2.45) is 0 Å². The number of benzene rings is 9. The summed E-state index contributed by atoms with van der Waals surface area (Å²) >= 11 is 1.79. The van der Waals surface area contributed by atoms with Crippen LogP contribution in [0.2, 0.25) is 0 Å². The van der Waals surface area contributed by atoms with Crippen molar-refractivity contribution < 1.29 is 0 Å². The zero-order valence-electron chi connectivity index (χ0n) is 34.0. The van der Waals surface area contributed by atoms with E-state index in [-0.39, 0.29) is 0 Å². The summed E-state index contributed by atoms with van der Waals surface area (Å²) in [6, 6.07) is 84.3. The zero-order chi connectivity index (χ0) is 42.3. The minimum Gasteiger partial charge on any atom is -0.310 e. The Morgan fingerprint density at radius 2 is 0.762 bits per heavy atom. The molecule has 0 spiro atoms. The summed E-state index contributed by atoms with van der Waals surface area (Å²) in [5.41, 5.74) is 10.3. The van der Waals surface area contributed by atoms with Crippen LogP contribution in [-0.2, 0) is 0 Å². The average molecular weight is 840 g/mol. The van der Waals surface area contributed by atoms with Gasteiger partial charge in [-0.2, -0.15) is 10.5 Å². The molecule has 0 N–H and O–H groups in total. The van der Waals surface area contributed by atoms with Crippen molar-refractivity contribution in [3.05, 3.63) is 236 Å². The van der Waals surface area contributed by atoms with E-state index in [0.29, 0.717) is 11.1 Å². The normalized spacial score (nSPS) is 13.0. The van der Waals surface area contributed by atoms with Crippen molar-refractivity contribution in [3.63, 3.8) is 0 Å². The Morgan fingerprint density at radius 3 is 1.21 bits per heavy atom.